The maximum absolute atomic E-state index is 12.9. The molecule has 176 valence electrons. The van der Waals surface area contributed by atoms with Crippen LogP contribution in [0.15, 0.2) is 65.3 Å². The molecule has 0 bridgehead atoms. The lowest BCUT2D eigenvalue weighted by atomic mass is 9.96. The van der Waals surface area contributed by atoms with Gasteiger partial charge in [0.15, 0.2) is 5.13 Å². The van der Waals surface area contributed by atoms with Gasteiger partial charge in [-0.1, -0.05) is 47.2 Å². The molecule has 0 aliphatic rings. The van der Waals surface area contributed by atoms with Gasteiger partial charge in [0.05, 0.1) is 23.6 Å². The van der Waals surface area contributed by atoms with Gasteiger partial charge >= 0.3 is 0 Å². The Kier molecular flexibility index (Phi) is 5.91. The number of nitrogens with one attached hydrogen (secondary N) is 1. The van der Waals surface area contributed by atoms with Crippen LogP contribution in [0.1, 0.15) is 29.2 Å². The zero-order chi connectivity index (χ0) is 24.7. The summed E-state index contributed by atoms with van der Waals surface area (Å²) in [6.07, 6.45) is 3.37. The third-order valence-corrected chi connectivity index (χ3v) is 7.13. The number of benzene rings is 3. The molecule has 0 atom stereocenters. The molecule has 0 unspecified atom stereocenters. The van der Waals surface area contributed by atoms with Crippen molar-refractivity contribution in [2.75, 3.05) is 12.4 Å². The second-order valence-corrected chi connectivity index (χ2v) is 9.80. The molecule has 5 aromatic rings. The molecule has 2 aromatic heterocycles. The van der Waals surface area contributed by atoms with Gasteiger partial charge in [-0.2, -0.15) is 0 Å². The van der Waals surface area contributed by atoms with Gasteiger partial charge in [-0.15, -0.1) is 0 Å². The number of methoxy groups -OCH3 is 1. The Morgan fingerprint density at radius 3 is 2.63 bits per heavy atom. The molecule has 0 spiro atoms. The molecule has 1 N–H and O–H groups in total. The minimum Gasteiger partial charge on any atom is -0.496 e. The molecule has 0 saturated carbocycles. The van der Waals surface area contributed by atoms with Crippen molar-refractivity contribution >= 4 is 49.1 Å². The number of thiazole rings is 1. The van der Waals surface area contributed by atoms with E-state index in [2.05, 4.69) is 42.3 Å². The summed E-state index contributed by atoms with van der Waals surface area (Å²) >= 11 is 1.47. The molecule has 35 heavy (non-hydrogen) atoms. The SMILES string of the molecule is COc1cc2occ(-c3ccc(C)cc3C)c2cc1/C(C)=C/C(=O)Nc1nc2c(C)cccc2s1. The van der Waals surface area contributed by atoms with Gasteiger partial charge in [-0.25, -0.2) is 4.98 Å². The number of para-hydroxylation sites is 1. The highest BCUT2D eigenvalue weighted by Crippen LogP contribution is 2.38. The molecular weight excluding hydrogens is 456 g/mol. The fourth-order valence-corrected chi connectivity index (χ4v) is 5.36. The highest BCUT2D eigenvalue weighted by atomic mass is 32.1. The first-order valence-corrected chi connectivity index (χ1v) is 12.2. The van der Waals surface area contributed by atoms with Crippen molar-refractivity contribution in [3.8, 4) is 16.9 Å². The number of allylic oxidation sites excluding steroid dienone is 1. The zero-order valence-corrected chi connectivity index (χ0v) is 21.2. The number of hydrogen-bond donors (Lipinski definition) is 1. The molecule has 5 nitrogen and oxygen atoms in total. The lowest BCUT2D eigenvalue weighted by molar-refractivity contribution is -0.111. The number of amides is 1. The van der Waals surface area contributed by atoms with Gasteiger partial charge in [-0.05, 0) is 62.1 Å². The van der Waals surface area contributed by atoms with Crippen molar-refractivity contribution in [3.63, 3.8) is 0 Å². The van der Waals surface area contributed by atoms with Crippen LogP contribution in [0.2, 0.25) is 0 Å². The Morgan fingerprint density at radius 2 is 1.89 bits per heavy atom. The standard InChI is InChI=1S/C29H26N2O3S/c1-16-9-10-20(18(3)11-16)23-15-34-25-14-24(33-5)21(13-22(23)25)19(4)12-27(32)30-29-31-28-17(2)7-6-8-26(28)35-29/h6-15H,1-5H3,(H,30,31,32)/b19-12+. The highest BCUT2D eigenvalue weighted by molar-refractivity contribution is 7.22. The summed E-state index contributed by atoms with van der Waals surface area (Å²) in [6, 6.07) is 16.3. The summed E-state index contributed by atoms with van der Waals surface area (Å²) in [6.45, 7) is 8.11. The predicted octanol–water partition coefficient (Wildman–Crippen LogP) is 7.69. The van der Waals surface area contributed by atoms with E-state index in [0.717, 1.165) is 49.0 Å². The van der Waals surface area contributed by atoms with Gasteiger partial charge in [0.2, 0.25) is 5.91 Å². The molecule has 2 heterocycles. The van der Waals surface area contributed by atoms with Crippen molar-refractivity contribution in [1.82, 2.24) is 4.98 Å². The number of fused-ring (bicyclic) bond motifs is 2. The molecule has 1 amide bonds. The van der Waals surface area contributed by atoms with E-state index in [-0.39, 0.29) is 5.91 Å². The van der Waals surface area contributed by atoms with Gasteiger partial charge in [0.1, 0.15) is 11.3 Å². The number of aryl methyl sites for hydroxylation is 3. The Morgan fingerprint density at radius 1 is 1.06 bits per heavy atom. The van der Waals surface area contributed by atoms with Gasteiger partial charge in [0, 0.05) is 28.7 Å². The second kappa shape index (κ2) is 9.04. The van der Waals surface area contributed by atoms with Crippen molar-refractivity contribution in [3.05, 3.63) is 83.1 Å². The fraction of sp³-hybridized carbons (Fsp3) is 0.172. The number of anilines is 1. The van der Waals surface area contributed by atoms with E-state index in [9.17, 15) is 4.79 Å². The quantitative estimate of drug-likeness (QED) is 0.261. The van der Waals surface area contributed by atoms with Crippen molar-refractivity contribution < 1.29 is 13.9 Å². The van der Waals surface area contributed by atoms with Gasteiger partial charge < -0.3 is 9.15 Å². The van der Waals surface area contributed by atoms with E-state index in [0.29, 0.717) is 10.9 Å². The Hall–Kier alpha value is -3.90. The number of nitrogens with zero attached hydrogens (tertiary/aromatic N) is 1. The van der Waals surface area contributed by atoms with Crippen LogP contribution in [0.5, 0.6) is 5.75 Å². The van der Waals surface area contributed by atoms with Crippen LogP contribution in [0.4, 0.5) is 5.13 Å². The molecule has 6 heteroatoms. The smallest absolute Gasteiger partial charge is 0.250 e. The van der Waals surface area contributed by atoms with E-state index in [1.807, 2.05) is 44.2 Å². The Labute approximate surface area is 208 Å². The topological polar surface area (TPSA) is 64.4 Å². The average molecular weight is 483 g/mol. The third kappa shape index (κ3) is 4.33. The number of carbonyl (C=O) groups excluding carboxylic acids is 1. The molecule has 0 radical (unpaired) electrons. The normalized spacial score (nSPS) is 11.9. The summed E-state index contributed by atoms with van der Waals surface area (Å²) < 4.78 is 12.6. The summed E-state index contributed by atoms with van der Waals surface area (Å²) in [7, 11) is 1.62. The number of ether oxygens (including phenoxy) is 1. The van der Waals surface area contributed by atoms with E-state index in [1.54, 1.807) is 19.4 Å². The number of aromatic nitrogens is 1. The monoisotopic (exact) mass is 482 g/mol. The zero-order valence-electron chi connectivity index (χ0n) is 20.4. The number of carbonyl (C=O) groups is 1. The molecule has 0 fully saturated rings. The van der Waals surface area contributed by atoms with Crippen molar-refractivity contribution in [2.24, 2.45) is 0 Å². The van der Waals surface area contributed by atoms with Crippen LogP contribution < -0.4 is 10.1 Å². The van der Waals surface area contributed by atoms with Crippen LogP contribution >= 0.6 is 11.3 Å². The van der Waals surface area contributed by atoms with Crippen molar-refractivity contribution in [2.45, 2.75) is 27.7 Å². The highest BCUT2D eigenvalue weighted by Gasteiger charge is 2.16. The second-order valence-electron chi connectivity index (χ2n) is 8.77. The first-order chi connectivity index (χ1) is 16.8. The number of hydrogen-bond acceptors (Lipinski definition) is 5. The molecule has 5 rings (SSSR count). The maximum Gasteiger partial charge on any atom is 0.250 e. The van der Waals surface area contributed by atoms with Crippen molar-refractivity contribution in [1.29, 1.82) is 0 Å². The average Bonchev–Trinajstić information content (AvgIpc) is 3.42. The minimum absolute atomic E-state index is 0.233. The molecular formula is C29H26N2O3S. The van der Waals surface area contributed by atoms with Gasteiger partial charge in [-0.3, -0.25) is 10.1 Å². The van der Waals surface area contributed by atoms with Gasteiger partial charge in [0.25, 0.3) is 0 Å². The summed E-state index contributed by atoms with van der Waals surface area (Å²) in [5, 5.41) is 4.47. The van der Waals surface area contributed by atoms with Crippen LogP contribution in [-0.4, -0.2) is 18.0 Å². The third-order valence-electron chi connectivity index (χ3n) is 6.19. The van der Waals surface area contributed by atoms with Crippen LogP contribution in [0.25, 0.3) is 37.9 Å². The number of rotatable bonds is 5. The van der Waals surface area contributed by atoms with E-state index >= 15 is 0 Å². The minimum atomic E-state index is -0.233. The van der Waals surface area contributed by atoms with Crippen LogP contribution in [-0.2, 0) is 4.79 Å². The summed E-state index contributed by atoms with van der Waals surface area (Å²) in [4.78, 5) is 17.4. The molecule has 3 aromatic carbocycles. The Balaban J connectivity index is 1.50. The molecule has 0 aliphatic carbocycles. The lowest BCUT2D eigenvalue weighted by Crippen LogP contribution is -2.08. The Bertz CT molecular complexity index is 1620. The van der Waals surface area contributed by atoms with Crippen LogP contribution in [0, 0.1) is 20.8 Å². The molecule has 0 saturated heterocycles. The molecule has 0 aliphatic heterocycles. The van der Waals surface area contributed by atoms with E-state index in [4.69, 9.17) is 9.15 Å². The fourth-order valence-electron chi connectivity index (χ4n) is 4.41. The first kappa shape index (κ1) is 22.9. The summed E-state index contributed by atoms with van der Waals surface area (Å²) in [5.74, 6) is 0.416. The van der Waals surface area contributed by atoms with E-state index < -0.39 is 0 Å². The predicted molar refractivity (Wildman–Crippen MR) is 144 cm³/mol. The maximum atomic E-state index is 12.9. The lowest BCUT2D eigenvalue weighted by Gasteiger charge is -2.11. The summed E-state index contributed by atoms with van der Waals surface area (Å²) in [5.41, 5.74) is 8.90. The van der Waals surface area contributed by atoms with Crippen LogP contribution in [0.3, 0.4) is 0 Å². The number of furan rings is 1. The van der Waals surface area contributed by atoms with E-state index in [1.165, 1.54) is 22.5 Å². The first-order valence-electron chi connectivity index (χ1n) is 11.4. The largest absolute Gasteiger partial charge is 0.496 e.